The molecule has 0 aliphatic carbocycles. The van der Waals surface area contributed by atoms with Gasteiger partial charge in [0, 0.05) is 5.57 Å². The molecule has 0 aliphatic rings. The van der Waals surface area contributed by atoms with Gasteiger partial charge in [-0.25, -0.2) is 4.79 Å². The van der Waals surface area contributed by atoms with Crippen LogP contribution in [0.25, 0.3) is 11.1 Å². The Morgan fingerprint density at radius 3 is 2.75 bits per heavy atom. The van der Waals surface area contributed by atoms with Crippen molar-refractivity contribution in [2.45, 2.75) is 0 Å². The van der Waals surface area contributed by atoms with Gasteiger partial charge in [0.05, 0.1) is 0 Å². The summed E-state index contributed by atoms with van der Waals surface area (Å²) in [7, 11) is 0. The minimum Gasteiger partial charge on any atom is -0.452 e. The first-order valence-electron chi connectivity index (χ1n) is 4.56. The SMILES string of the molecule is C=C=C(COC(=O)C=[N+]=[N-])c1ccccc1. The summed E-state index contributed by atoms with van der Waals surface area (Å²) in [4.78, 5) is 13.5. The summed E-state index contributed by atoms with van der Waals surface area (Å²) in [5.41, 5.74) is 12.4. The molecule has 4 heteroatoms. The fourth-order valence-electron chi connectivity index (χ4n) is 1.10. The Hall–Kier alpha value is -2.41. The Labute approximate surface area is 93.1 Å². The number of ether oxygens (including phenoxy) is 1. The molecule has 4 nitrogen and oxygen atoms in total. The summed E-state index contributed by atoms with van der Waals surface area (Å²) in [5, 5.41) is 0. The minimum atomic E-state index is -0.716. The zero-order valence-electron chi connectivity index (χ0n) is 8.59. The highest BCUT2D eigenvalue weighted by atomic mass is 16.5. The first-order valence-corrected chi connectivity index (χ1v) is 4.56. The van der Waals surface area contributed by atoms with Gasteiger partial charge in [-0.2, -0.15) is 4.79 Å². The molecule has 0 aliphatic heterocycles. The van der Waals surface area contributed by atoms with E-state index in [2.05, 4.69) is 17.1 Å². The van der Waals surface area contributed by atoms with Crippen molar-refractivity contribution in [3.05, 3.63) is 53.7 Å². The lowest BCUT2D eigenvalue weighted by atomic mass is 10.1. The number of nitrogens with zero attached hydrogens (tertiary/aromatic N) is 2. The lowest BCUT2D eigenvalue weighted by molar-refractivity contribution is -0.137. The third-order valence-corrected chi connectivity index (χ3v) is 1.86. The zero-order valence-corrected chi connectivity index (χ0v) is 8.59. The van der Waals surface area contributed by atoms with Crippen LogP contribution in [-0.2, 0) is 9.53 Å². The van der Waals surface area contributed by atoms with Crippen molar-refractivity contribution < 1.29 is 14.3 Å². The predicted molar refractivity (Wildman–Crippen MR) is 59.6 cm³/mol. The molecule has 80 valence electrons. The molecule has 0 unspecified atom stereocenters. The van der Waals surface area contributed by atoms with E-state index in [1.54, 1.807) is 0 Å². The average molecular weight is 214 g/mol. The van der Waals surface area contributed by atoms with Gasteiger partial charge in [-0.15, -0.1) is 5.73 Å². The Morgan fingerprint density at radius 1 is 1.50 bits per heavy atom. The van der Waals surface area contributed by atoms with E-state index in [1.165, 1.54) is 0 Å². The average Bonchev–Trinajstić information content (AvgIpc) is 2.31. The standard InChI is InChI=1S/C12H10N2O2/c1-2-10(9-16-12(15)8-14-13)11-6-4-3-5-7-11/h3-8H,1,9H2. The molecule has 1 aromatic rings. The summed E-state index contributed by atoms with van der Waals surface area (Å²) >= 11 is 0. The molecule has 0 saturated carbocycles. The lowest BCUT2D eigenvalue weighted by Gasteiger charge is -2.03. The summed E-state index contributed by atoms with van der Waals surface area (Å²) in [5.74, 6) is -0.716. The van der Waals surface area contributed by atoms with Crippen LogP contribution >= 0.6 is 0 Å². The van der Waals surface area contributed by atoms with E-state index in [4.69, 9.17) is 10.3 Å². The number of hydrogen-bond donors (Lipinski definition) is 0. The highest BCUT2D eigenvalue weighted by Gasteiger charge is 2.06. The van der Waals surface area contributed by atoms with Gasteiger partial charge in [0.15, 0.2) is 0 Å². The van der Waals surface area contributed by atoms with Crippen LogP contribution < -0.4 is 0 Å². The topological polar surface area (TPSA) is 62.7 Å². The zero-order chi connectivity index (χ0) is 11.8. The number of carbonyl (C=O) groups is 1. The molecule has 0 atom stereocenters. The number of benzene rings is 1. The largest absolute Gasteiger partial charge is 0.452 e. The molecule has 0 aromatic heterocycles. The van der Waals surface area contributed by atoms with Crippen molar-refractivity contribution in [2.24, 2.45) is 0 Å². The summed E-state index contributed by atoms with van der Waals surface area (Å²) in [6, 6.07) is 9.34. The maximum atomic E-state index is 10.9. The van der Waals surface area contributed by atoms with Crippen molar-refractivity contribution in [3.8, 4) is 0 Å². The Bertz CT molecular complexity index is 467. The summed E-state index contributed by atoms with van der Waals surface area (Å²) in [6.07, 6.45) is 0.686. The van der Waals surface area contributed by atoms with Crippen molar-refractivity contribution in [1.82, 2.24) is 0 Å². The molecule has 0 bridgehead atoms. The Balaban J connectivity index is 2.69. The first-order chi connectivity index (χ1) is 7.77. The highest BCUT2D eigenvalue weighted by Crippen LogP contribution is 2.12. The number of esters is 1. The normalized spacial score (nSPS) is 8.50. The lowest BCUT2D eigenvalue weighted by Crippen LogP contribution is -2.08. The van der Waals surface area contributed by atoms with Gasteiger partial charge < -0.3 is 10.3 Å². The molecular formula is C12H10N2O2. The third kappa shape index (κ3) is 3.39. The number of hydrogen-bond acceptors (Lipinski definition) is 2. The summed E-state index contributed by atoms with van der Waals surface area (Å²) in [6.45, 7) is 3.57. The second-order valence-electron chi connectivity index (χ2n) is 2.87. The van der Waals surface area contributed by atoms with Crippen molar-refractivity contribution >= 4 is 17.8 Å². The maximum Gasteiger partial charge on any atom is 0.413 e. The smallest absolute Gasteiger partial charge is 0.413 e. The maximum absolute atomic E-state index is 10.9. The van der Waals surface area contributed by atoms with E-state index in [9.17, 15) is 4.79 Å². The molecule has 0 radical (unpaired) electrons. The molecule has 1 aromatic carbocycles. The fourth-order valence-corrected chi connectivity index (χ4v) is 1.10. The van der Waals surface area contributed by atoms with E-state index >= 15 is 0 Å². The molecule has 0 saturated heterocycles. The predicted octanol–water partition coefficient (Wildman–Crippen LogP) is 1.70. The van der Waals surface area contributed by atoms with Crippen molar-refractivity contribution in [2.75, 3.05) is 6.61 Å². The van der Waals surface area contributed by atoms with E-state index in [0.29, 0.717) is 11.8 Å². The molecule has 0 N–H and O–H groups in total. The van der Waals surface area contributed by atoms with Crippen LogP contribution in [0, 0.1) is 0 Å². The van der Waals surface area contributed by atoms with E-state index in [0.717, 1.165) is 5.56 Å². The van der Waals surface area contributed by atoms with Crippen molar-refractivity contribution in [3.63, 3.8) is 0 Å². The molecule has 1 rings (SSSR count). The quantitative estimate of drug-likeness (QED) is 0.252. The molecular weight excluding hydrogens is 204 g/mol. The van der Waals surface area contributed by atoms with Crippen LogP contribution in [0.3, 0.4) is 0 Å². The fraction of sp³-hybridized carbons (Fsp3) is 0.0833. The van der Waals surface area contributed by atoms with Crippen LogP contribution in [0.4, 0.5) is 0 Å². The van der Waals surface area contributed by atoms with E-state index < -0.39 is 5.97 Å². The second-order valence-corrected chi connectivity index (χ2v) is 2.87. The molecule has 0 spiro atoms. The molecule has 16 heavy (non-hydrogen) atoms. The van der Waals surface area contributed by atoms with Gasteiger partial charge >= 0.3 is 12.2 Å². The van der Waals surface area contributed by atoms with Gasteiger partial charge in [-0.1, -0.05) is 36.9 Å². The Kier molecular flexibility index (Phi) is 4.48. The molecule has 0 amide bonds. The van der Waals surface area contributed by atoms with Gasteiger partial charge in [0.1, 0.15) is 6.61 Å². The van der Waals surface area contributed by atoms with Gasteiger partial charge in [-0.3, -0.25) is 0 Å². The first kappa shape index (κ1) is 11.7. The number of rotatable bonds is 4. The summed E-state index contributed by atoms with van der Waals surface area (Å²) < 4.78 is 4.80. The molecule has 0 fully saturated rings. The van der Waals surface area contributed by atoms with Gasteiger partial charge in [0.25, 0.3) is 0 Å². The Morgan fingerprint density at radius 2 is 2.19 bits per heavy atom. The van der Waals surface area contributed by atoms with E-state index in [-0.39, 0.29) is 6.61 Å². The van der Waals surface area contributed by atoms with Crippen LogP contribution in [-0.4, -0.2) is 23.6 Å². The molecule has 0 heterocycles. The van der Waals surface area contributed by atoms with Crippen LogP contribution in [0.5, 0.6) is 0 Å². The minimum absolute atomic E-state index is 0.0400. The third-order valence-electron chi connectivity index (χ3n) is 1.86. The second kappa shape index (κ2) is 6.14. The van der Waals surface area contributed by atoms with Gasteiger partial charge in [0.2, 0.25) is 0 Å². The monoisotopic (exact) mass is 214 g/mol. The van der Waals surface area contributed by atoms with Crippen LogP contribution in [0.15, 0.2) is 42.6 Å². The van der Waals surface area contributed by atoms with Crippen molar-refractivity contribution in [1.29, 1.82) is 0 Å². The van der Waals surface area contributed by atoms with Crippen LogP contribution in [0.1, 0.15) is 5.56 Å². The highest BCUT2D eigenvalue weighted by molar-refractivity contribution is 6.20. The van der Waals surface area contributed by atoms with Crippen LogP contribution in [0.2, 0.25) is 0 Å². The van der Waals surface area contributed by atoms with Gasteiger partial charge in [-0.05, 0) is 5.56 Å². The number of carbonyl (C=O) groups excluding carboxylic acids is 1. The van der Waals surface area contributed by atoms with E-state index in [1.807, 2.05) is 30.3 Å².